The zero-order valence-electron chi connectivity index (χ0n) is 14.2. The number of halogens is 1. The molecular formula is C19H17ClN4O. The molecule has 3 rings (SSSR count). The Kier molecular flexibility index (Phi) is 4.73. The van der Waals surface area contributed by atoms with Gasteiger partial charge in [0.1, 0.15) is 16.7 Å². The van der Waals surface area contributed by atoms with Crippen molar-refractivity contribution in [2.75, 3.05) is 0 Å². The van der Waals surface area contributed by atoms with Crippen LogP contribution in [0.3, 0.4) is 0 Å². The van der Waals surface area contributed by atoms with Gasteiger partial charge >= 0.3 is 0 Å². The molecule has 3 heterocycles. The van der Waals surface area contributed by atoms with Crippen molar-refractivity contribution in [3.05, 3.63) is 74.4 Å². The lowest BCUT2D eigenvalue weighted by molar-refractivity contribution is 0.901. The Balaban J connectivity index is 2.09. The van der Waals surface area contributed by atoms with E-state index in [1.807, 2.05) is 31.4 Å². The fraction of sp³-hybridized carbons (Fsp3) is 0.211. The molecule has 0 aliphatic rings. The Hall–Kier alpha value is -2.84. The van der Waals surface area contributed by atoms with Crippen LogP contribution in [0, 0.1) is 25.7 Å². The molecule has 0 bridgehead atoms. The second-order valence-corrected chi connectivity index (χ2v) is 5.96. The number of aryl methyl sites for hydroxylation is 1. The summed E-state index contributed by atoms with van der Waals surface area (Å²) in [4.78, 5) is 23.3. The third kappa shape index (κ3) is 3.35. The molecule has 126 valence electrons. The number of hydrogen-bond donors (Lipinski definition) is 1. The third-order valence-corrected chi connectivity index (χ3v) is 4.17. The molecule has 0 unspecified atom stereocenters. The second kappa shape index (κ2) is 6.96. The molecule has 0 spiro atoms. The number of hydrogen-bond acceptors (Lipinski definition) is 3. The molecule has 0 saturated carbocycles. The summed E-state index contributed by atoms with van der Waals surface area (Å²) >= 11 is 5.88. The van der Waals surface area contributed by atoms with E-state index in [1.54, 1.807) is 24.5 Å². The van der Waals surface area contributed by atoms with Crippen LogP contribution in [0.2, 0.25) is 5.15 Å². The van der Waals surface area contributed by atoms with E-state index >= 15 is 0 Å². The second-order valence-electron chi connectivity index (χ2n) is 5.57. The van der Waals surface area contributed by atoms with E-state index in [-0.39, 0.29) is 5.56 Å². The minimum atomic E-state index is -0.0773. The predicted molar refractivity (Wildman–Crippen MR) is 98.3 cm³/mol. The van der Waals surface area contributed by atoms with Gasteiger partial charge < -0.3 is 4.98 Å². The van der Waals surface area contributed by atoms with E-state index in [9.17, 15) is 4.79 Å². The highest BCUT2D eigenvalue weighted by molar-refractivity contribution is 6.29. The van der Waals surface area contributed by atoms with Crippen LogP contribution in [-0.2, 0) is 6.42 Å². The van der Waals surface area contributed by atoms with Gasteiger partial charge in [-0.15, -0.1) is 0 Å². The molecule has 0 aliphatic heterocycles. The van der Waals surface area contributed by atoms with Gasteiger partial charge in [0.25, 0.3) is 5.56 Å². The van der Waals surface area contributed by atoms with Gasteiger partial charge in [-0.3, -0.25) is 9.36 Å². The summed E-state index contributed by atoms with van der Waals surface area (Å²) in [5.41, 5.74) is 3.84. The van der Waals surface area contributed by atoms with Crippen molar-refractivity contribution in [3.8, 4) is 17.5 Å². The highest BCUT2D eigenvalue weighted by Gasteiger charge is 2.15. The lowest BCUT2D eigenvalue weighted by Gasteiger charge is -2.11. The molecule has 0 saturated heterocycles. The van der Waals surface area contributed by atoms with Crippen molar-refractivity contribution < 1.29 is 0 Å². The van der Waals surface area contributed by atoms with Gasteiger partial charge in [0, 0.05) is 23.5 Å². The number of nitrogens with zero attached hydrogens (tertiary/aromatic N) is 3. The Morgan fingerprint density at radius 1 is 1.28 bits per heavy atom. The van der Waals surface area contributed by atoms with Crippen LogP contribution in [-0.4, -0.2) is 19.5 Å². The van der Waals surface area contributed by atoms with Crippen molar-refractivity contribution >= 4 is 11.6 Å². The molecule has 0 atom stereocenters. The summed E-state index contributed by atoms with van der Waals surface area (Å²) in [7, 11) is 0. The summed E-state index contributed by atoms with van der Waals surface area (Å²) < 4.78 is 1.97. The molecule has 0 fully saturated rings. The first-order valence-electron chi connectivity index (χ1n) is 7.91. The Bertz CT molecular complexity index is 1050. The quantitative estimate of drug-likeness (QED) is 0.569. The molecule has 5 nitrogen and oxygen atoms in total. The third-order valence-electron chi connectivity index (χ3n) is 3.96. The lowest BCUT2D eigenvalue weighted by Crippen LogP contribution is -2.16. The fourth-order valence-electron chi connectivity index (χ4n) is 2.78. The number of H-pyrrole nitrogens is 1. The number of rotatable bonds is 2. The lowest BCUT2D eigenvalue weighted by atomic mass is 10.1. The van der Waals surface area contributed by atoms with Crippen molar-refractivity contribution in [1.29, 1.82) is 0 Å². The van der Waals surface area contributed by atoms with E-state index in [0.29, 0.717) is 17.3 Å². The largest absolute Gasteiger partial charge is 0.329 e. The average molecular weight is 353 g/mol. The van der Waals surface area contributed by atoms with E-state index in [1.165, 1.54) is 0 Å². The summed E-state index contributed by atoms with van der Waals surface area (Å²) in [6, 6.07) is 5.39. The van der Waals surface area contributed by atoms with Crippen molar-refractivity contribution in [2.24, 2.45) is 0 Å². The number of aromatic nitrogens is 4. The molecular weight excluding hydrogens is 336 g/mol. The van der Waals surface area contributed by atoms with E-state index in [0.717, 1.165) is 28.3 Å². The smallest absolute Gasteiger partial charge is 0.253 e. The Morgan fingerprint density at radius 3 is 2.80 bits per heavy atom. The van der Waals surface area contributed by atoms with E-state index in [4.69, 9.17) is 11.6 Å². The van der Waals surface area contributed by atoms with Crippen LogP contribution in [0.1, 0.15) is 35.3 Å². The number of pyridine rings is 2. The highest BCUT2D eigenvalue weighted by Crippen LogP contribution is 2.19. The van der Waals surface area contributed by atoms with Gasteiger partial charge in [-0.25, -0.2) is 9.97 Å². The molecule has 1 N–H and O–H groups in total. The molecule has 6 heteroatoms. The van der Waals surface area contributed by atoms with Crippen LogP contribution in [0.5, 0.6) is 0 Å². The first kappa shape index (κ1) is 17.0. The fourth-order valence-corrected chi connectivity index (χ4v) is 2.95. The summed E-state index contributed by atoms with van der Waals surface area (Å²) in [6.07, 6.45) is 3.91. The summed E-state index contributed by atoms with van der Waals surface area (Å²) in [6.45, 7) is 5.82. The standard InChI is InChI=1S/C19H17ClN4O/c1-4-15-17(8-10-22-19(15)25)24-12(2)16(23-13(24)3)6-5-14-7-9-21-18(20)11-14/h7-11H,4H2,1-3H3,(H,22,25). The van der Waals surface area contributed by atoms with Gasteiger partial charge in [-0.2, -0.15) is 0 Å². The minimum Gasteiger partial charge on any atom is -0.329 e. The van der Waals surface area contributed by atoms with Crippen LogP contribution in [0.15, 0.2) is 35.4 Å². The number of imidazole rings is 1. The SMILES string of the molecule is CCc1c(-n2c(C)nc(C#Cc3ccnc(Cl)c3)c2C)cc[nH]c1=O. The number of aromatic amines is 1. The predicted octanol–water partition coefficient (Wildman–Crippen LogP) is 3.19. The van der Waals surface area contributed by atoms with Gasteiger partial charge in [-0.05, 0) is 44.4 Å². The Labute approximate surface area is 150 Å². The van der Waals surface area contributed by atoms with Crippen molar-refractivity contribution in [1.82, 2.24) is 19.5 Å². The summed E-state index contributed by atoms with van der Waals surface area (Å²) in [5.74, 6) is 6.93. The van der Waals surface area contributed by atoms with Gasteiger partial charge in [0.2, 0.25) is 0 Å². The molecule has 0 aromatic carbocycles. The zero-order valence-corrected chi connectivity index (χ0v) is 15.0. The Morgan fingerprint density at radius 2 is 2.08 bits per heavy atom. The molecule has 3 aromatic rings. The maximum Gasteiger partial charge on any atom is 0.253 e. The van der Waals surface area contributed by atoms with Crippen LogP contribution >= 0.6 is 11.6 Å². The molecule has 0 aliphatic carbocycles. The first-order valence-corrected chi connectivity index (χ1v) is 8.29. The summed E-state index contributed by atoms with van der Waals surface area (Å²) in [5, 5.41) is 0.404. The molecule has 0 amide bonds. The average Bonchev–Trinajstić information content (AvgIpc) is 2.86. The molecule has 3 aromatic heterocycles. The van der Waals surface area contributed by atoms with Crippen LogP contribution in [0.25, 0.3) is 5.69 Å². The van der Waals surface area contributed by atoms with E-state index < -0.39 is 0 Å². The number of nitrogens with one attached hydrogen (secondary N) is 1. The van der Waals surface area contributed by atoms with Crippen molar-refractivity contribution in [3.63, 3.8) is 0 Å². The normalized spacial score (nSPS) is 10.4. The maximum absolute atomic E-state index is 12.1. The van der Waals surface area contributed by atoms with Gasteiger partial charge in [0.15, 0.2) is 0 Å². The first-order chi connectivity index (χ1) is 12.0. The molecule has 0 radical (unpaired) electrons. The van der Waals surface area contributed by atoms with Crippen molar-refractivity contribution in [2.45, 2.75) is 27.2 Å². The van der Waals surface area contributed by atoms with Gasteiger partial charge in [0.05, 0.1) is 11.4 Å². The van der Waals surface area contributed by atoms with Gasteiger partial charge in [-0.1, -0.05) is 24.4 Å². The monoisotopic (exact) mass is 352 g/mol. The van der Waals surface area contributed by atoms with Crippen LogP contribution < -0.4 is 5.56 Å². The zero-order chi connectivity index (χ0) is 18.0. The highest BCUT2D eigenvalue weighted by atomic mass is 35.5. The molecule has 25 heavy (non-hydrogen) atoms. The maximum atomic E-state index is 12.1. The minimum absolute atomic E-state index is 0.0773. The van der Waals surface area contributed by atoms with Crippen LogP contribution in [0.4, 0.5) is 0 Å². The van der Waals surface area contributed by atoms with E-state index in [2.05, 4.69) is 26.8 Å². The topological polar surface area (TPSA) is 63.6 Å².